The number of halogens is 1. The molecule has 1 heterocycles. The van der Waals surface area contributed by atoms with Gasteiger partial charge < -0.3 is 5.73 Å². The summed E-state index contributed by atoms with van der Waals surface area (Å²) in [4.78, 5) is 3.89. The lowest BCUT2D eigenvalue weighted by atomic mass is 10.3. The maximum atomic E-state index is 5.48. The molecule has 1 rings (SSSR count). The molecule has 2 N–H and O–H groups in total. The molecular weight excluding hydrogens is 180 g/mol. The van der Waals surface area contributed by atoms with Gasteiger partial charge >= 0.3 is 0 Å². The molecule has 0 saturated heterocycles. The van der Waals surface area contributed by atoms with Crippen molar-refractivity contribution >= 4 is 21.7 Å². The van der Waals surface area contributed by atoms with Gasteiger partial charge in [0.2, 0.25) is 0 Å². The number of hydrogen-bond acceptors (Lipinski definition) is 2. The fourth-order valence-electron chi connectivity index (χ4n) is 0.527. The molecule has 0 fully saturated rings. The number of nitrogens with two attached hydrogens (primary N) is 1. The van der Waals surface area contributed by atoms with Crippen LogP contribution in [0.5, 0.6) is 0 Å². The van der Waals surface area contributed by atoms with Crippen molar-refractivity contribution in [1.82, 2.24) is 4.98 Å². The number of nitrogens with zero attached hydrogens (tertiary/aromatic N) is 1. The van der Waals surface area contributed by atoms with Crippen molar-refractivity contribution in [3.63, 3.8) is 0 Å². The summed E-state index contributed by atoms with van der Waals surface area (Å²) < 4.78 is 1.01. The number of aromatic nitrogens is 1. The van der Waals surface area contributed by atoms with Crippen LogP contribution >= 0.6 is 15.9 Å². The first kappa shape index (κ1) is 6.55. The Kier molecular flexibility index (Phi) is 1.71. The molecule has 0 atom stereocenters. The Morgan fingerprint density at radius 1 is 1.67 bits per heavy atom. The highest BCUT2D eigenvalue weighted by Crippen LogP contribution is 2.17. The Labute approximate surface area is 62.2 Å². The molecule has 1 aromatic rings. The van der Waals surface area contributed by atoms with Gasteiger partial charge in [-0.3, -0.25) is 0 Å². The largest absolute Gasteiger partial charge is 0.383 e. The molecular formula is C6H7BrN2. The summed E-state index contributed by atoms with van der Waals surface area (Å²) >= 11 is 3.33. The van der Waals surface area contributed by atoms with Gasteiger partial charge in [0.25, 0.3) is 0 Å². The molecule has 2 nitrogen and oxygen atoms in total. The van der Waals surface area contributed by atoms with Crippen LogP contribution in [0.1, 0.15) is 5.56 Å². The Hall–Kier alpha value is -0.570. The Balaban J connectivity index is 3.25. The predicted molar refractivity (Wildman–Crippen MR) is 41.1 cm³/mol. The highest BCUT2D eigenvalue weighted by molar-refractivity contribution is 9.10. The molecule has 0 aliphatic carbocycles. The zero-order valence-electron chi connectivity index (χ0n) is 5.06. The van der Waals surface area contributed by atoms with Crippen LogP contribution in [0.25, 0.3) is 0 Å². The van der Waals surface area contributed by atoms with E-state index < -0.39 is 0 Å². The SMILES string of the molecule is Cc1c(Br)ccnc1N. The van der Waals surface area contributed by atoms with Gasteiger partial charge in [0, 0.05) is 16.2 Å². The van der Waals surface area contributed by atoms with Crippen LogP contribution in [0.4, 0.5) is 5.82 Å². The van der Waals surface area contributed by atoms with Gasteiger partial charge in [0.15, 0.2) is 0 Å². The van der Waals surface area contributed by atoms with E-state index in [0.29, 0.717) is 5.82 Å². The zero-order chi connectivity index (χ0) is 6.85. The molecule has 0 saturated carbocycles. The number of nitrogen functional groups attached to an aromatic ring is 1. The predicted octanol–water partition coefficient (Wildman–Crippen LogP) is 1.73. The van der Waals surface area contributed by atoms with Gasteiger partial charge in [0.05, 0.1) is 0 Å². The van der Waals surface area contributed by atoms with Gasteiger partial charge in [-0.25, -0.2) is 4.98 Å². The number of hydrogen-bond donors (Lipinski definition) is 1. The van der Waals surface area contributed by atoms with Crippen LogP contribution in [-0.2, 0) is 0 Å². The van der Waals surface area contributed by atoms with E-state index in [-0.39, 0.29) is 0 Å². The van der Waals surface area contributed by atoms with Crippen LogP contribution < -0.4 is 5.73 Å². The van der Waals surface area contributed by atoms with E-state index in [9.17, 15) is 0 Å². The van der Waals surface area contributed by atoms with E-state index in [0.717, 1.165) is 10.0 Å². The van der Waals surface area contributed by atoms with E-state index in [1.54, 1.807) is 6.20 Å². The van der Waals surface area contributed by atoms with Crippen molar-refractivity contribution in [2.75, 3.05) is 5.73 Å². The fraction of sp³-hybridized carbons (Fsp3) is 0.167. The maximum absolute atomic E-state index is 5.48. The minimum Gasteiger partial charge on any atom is -0.383 e. The zero-order valence-corrected chi connectivity index (χ0v) is 6.64. The third-order valence-electron chi connectivity index (χ3n) is 1.18. The van der Waals surface area contributed by atoms with Crippen molar-refractivity contribution in [2.45, 2.75) is 6.92 Å². The second-order valence-electron chi connectivity index (χ2n) is 1.80. The highest BCUT2D eigenvalue weighted by Gasteiger charge is 1.95. The second kappa shape index (κ2) is 2.35. The van der Waals surface area contributed by atoms with Gasteiger partial charge in [0.1, 0.15) is 5.82 Å². The van der Waals surface area contributed by atoms with Crippen LogP contribution in [0.2, 0.25) is 0 Å². The molecule has 0 aromatic carbocycles. The van der Waals surface area contributed by atoms with Crippen LogP contribution in [-0.4, -0.2) is 4.98 Å². The average molecular weight is 187 g/mol. The third kappa shape index (κ3) is 1.21. The van der Waals surface area contributed by atoms with Crippen molar-refractivity contribution in [3.05, 3.63) is 22.3 Å². The van der Waals surface area contributed by atoms with Gasteiger partial charge in [-0.2, -0.15) is 0 Å². The fourth-order valence-corrected chi connectivity index (χ4v) is 0.849. The Morgan fingerprint density at radius 3 is 2.78 bits per heavy atom. The molecule has 0 unspecified atom stereocenters. The molecule has 0 bridgehead atoms. The van der Waals surface area contributed by atoms with Crippen LogP contribution in [0.3, 0.4) is 0 Å². The average Bonchev–Trinajstić information content (AvgIpc) is 1.83. The summed E-state index contributed by atoms with van der Waals surface area (Å²) in [6.07, 6.45) is 1.67. The van der Waals surface area contributed by atoms with E-state index in [1.165, 1.54) is 0 Å². The van der Waals surface area contributed by atoms with Crippen LogP contribution in [0, 0.1) is 6.92 Å². The summed E-state index contributed by atoms with van der Waals surface area (Å²) in [5, 5.41) is 0. The smallest absolute Gasteiger partial charge is 0.127 e. The Bertz CT molecular complexity index is 202. The van der Waals surface area contributed by atoms with Gasteiger partial charge in [-0.05, 0) is 13.0 Å². The second-order valence-corrected chi connectivity index (χ2v) is 2.66. The summed E-state index contributed by atoms with van der Waals surface area (Å²) in [6, 6.07) is 1.87. The third-order valence-corrected chi connectivity index (χ3v) is 2.04. The first-order chi connectivity index (χ1) is 4.22. The minimum atomic E-state index is 0.587. The standard InChI is InChI=1S/C6H7BrN2/c1-4-5(7)2-3-9-6(4)8/h2-3H,1H3,(H2,8,9). The molecule has 9 heavy (non-hydrogen) atoms. The topological polar surface area (TPSA) is 38.9 Å². The first-order valence-corrected chi connectivity index (χ1v) is 3.37. The number of anilines is 1. The lowest BCUT2D eigenvalue weighted by molar-refractivity contribution is 1.26. The van der Waals surface area contributed by atoms with Gasteiger partial charge in [-0.1, -0.05) is 15.9 Å². The van der Waals surface area contributed by atoms with Gasteiger partial charge in [-0.15, -0.1) is 0 Å². The molecule has 1 aromatic heterocycles. The quantitative estimate of drug-likeness (QED) is 0.671. The normalized spacial score (nSPS) is 9.56. The molecule has 0 spiro atoms. The summed E-state index contributed by atoms with van der Waals surface area (Å²) in [7, 11) is 0. The monoisotopic (exact) mass is 186 g/mol. The Morgan fingerprint density at radius 2 is 2.33 bits per heavy atom. The molecule has 48 valence electrons. The molecule has 3 heteroatoms. The molecule has 0 amide bonds. The van der Waals surface area contributed by atoms with Crippen LogP contribution in [0.15, 0.2) is 16.7 Å². The van der Waals surface area contributed by atoms with E-state index in [1.807, 2.05) is 13.0 Å². The van der Waals surface area contributed by atoms with Crippen molar-refractivity contribution < 1.29 is 0 Å². The van der Waals surface area contributed by atoms with E-state index in [2.05, 4.69) is 20.9 Å². The van der Waals surface area contributed by atoms with Crippen molar-refractivity contribution in [2.24, 2.45) is 0 Å². The van der Waals surface area contributed by atoms with Crippen molar-refractivity contribution in [3.8, 4) is 0 Å². The lowest BCUT2D eigenvalue weighted by Gasteiger charge is -1.98. The van der Waals surface area contributed by atoms with E-state index >= 15 is 0 Å². The molecule has 0 aliphatic heterocycles. The lowest BCUT2D eigenvalue weighted by Crippen LogP contribution is -1.92. The number of rotatable bonds is 0. The summed E-state index contributed by atoms with van der Waals surface area (Å²) in [5.41, 5.74) is 6.48. The summed E-state index contributed by atoms with van der Waals surface area (Å²) in [6.45, 7) is 1.92. The molecule has 0 radical (unpaired) electrons. The first-order valence-electron chi connectivity index (χ1n) is 2.58. The minimum absolute atomic E-state index is 0.587. The molecule has 0 aliphatic rings. The van der Waals surface area contributed by atoms with E-state index in [4.69, 9.17) is 5.73 Å². The summed E-state index contributed by atoms with van der Waals surface area (Å²) in [5.74, 6) is 0.587. The highest BCUT2D eigenvalue weighted by atomic mass is 79.9. The van der Waals surface area contributed by atoms with Crippen molar-refractivity contribution in [1.29, 1.82) is 0 Å². The maximum Gasteiger partial charge on any atom is 0.127 e. The number of pyridine rings is 1.